The summed E-state index contributed by atoms with van der Waals surface area (Å²) in [6.45, 7) is 8.48. The van der Waals surface area contributed by atoms with Gasteiger partial charge in [-0.2, -0.15) is 0 Å². The second-order valence-corrected chi connectivity index (χ2v) is 5.24. The van der Waals surface area contributed by atoms with Crippen molar-refractivity contribution < 1.29 is 9.50 Å². The molecule has 0 aliphatic rings. The Morgan fingerprint density at radius 3 is 2.50 bits per heavy atom. The van der Waals surface area contributed by atoms with E-state index in [-0.39, 0.29) is 17.6 Å². The Labute approximate surface area is 109 Å². The number of nitrogens with one attached hydrogen (secondary N) is 1. The standard InChI is InChI=1S/C15H24FNO/c1-5-10(2)8-11(3)17-12(4)14-7-6-13(18)9-15(14)16/h6-7,9-12,17-18H,5,8H2,1-4H3. The summed E-state index contributed by atoms with van der Waals surface area (Å²) in [5, 5.41) is 12.6. The Kier molecular flexibility index (Phi) is 5.60. The first-order chi connectivity index (χ1) is 8.43. The minimum Gasteiger partial charge on any atom is -0.508 e. The van der Waals surface area contributed by atoms with Crippen molar-refractivity contribution >= 4 is 0 Å². The first-order valence-corrected chi connectivity index (χ1v) is 6.68. The van der Waals surface area contributed by atoms with Crippen LogP contribution in [0.5, 0.6) is 5.75 Å². The van der Waals surface area contributed by atoms with Crippen molar-refractivity contribution in [3.05, 3.63) is 29.6 Å². The second-order valence-electron chi connectivity index (χ2n) is 5.24. The van der Waals surface area contributed by atoms with E-state index in [1.807, 2.05) is 6.92 Å². The van der Waals surface area contributed by atoms with Crippen LogP contribution in [0.1, 0.15) is 52.1 Å². The van der Waals surface area contributed by atoms with Gasteiger partial charge in [0.05, 0.1) is 0 Å². The molecule has 1 aromatic carbocycles. The molecule has 0 bridgehead atoms. The number of halogens is 1. The largest absolute Gasteiger partial charge is 0.508 e. The van der Waals surface area contributed by atoms with E-state index in [0.29, 0.717) is 17.5 Å². The van der Waals surface area contributed by atoms with E-state index in [1.165, 1.54) is 6.07 Å². The minimum atomic E-state index is -0.356. The van der Waals surface area contributed by atoms with Crippen molar-refractivity contribution in [1.82, 2.24) is 5.32 Å². The summed E-state index contributed by atoms with van der Waals surface area (Å²) >= 11 is 0. The lowest BCUT2D eigenvalue weighted by Gasteiger charge is -2.23. The third-order valence-electron chi connectivity index (χ3n) is 3.44. The summed E-state index contributed by atoms with van der Waals surface area (Å²) < 4.78 is 13.7. The van der Waals surface area contributed by atoms with Crippen molar-refractivity contribution in [1.29, 1.82) is 0 Å². The topological polar surface area (TPSA) is 32.3 Å². The Hall–Kier alpha value is -1.09. The molecular formula is C15H24FNO. The first-order valence-electron chi connectivity index (χ1n) is 6.68. The lowest BCUT2D eigenvalue weighted by atomic mass is 9.99. The van der Waals surface area contributed by atoms with Gasteiger partial charge < -0.3 is 10.4 Å². The lowest BCUT2D eigenvalue weighted by molar-refractivity contribution is 0.380. The molecule has 3 unspecified atom stereocenters. The number of rotatable bonds is 6. The molecular weight excluding hydrogens is 229 g/mol. The molecule has 102 valence electrons. The number of hydrogen-bond acceptors (Lipinski definition) is 2. The van der Waals surface area contributed by atoms with Crippen LogP contribution in [0.2, 0.25) is 0 Å². The number of phenols is 1. The van der Waals surface area contributed by atoms with Crippen LogP contribution in [0, 0.1) is 11.7 Å². The summed E-state index contributed by atoms with van der Waals surface area (Å²) in [5.74, 6) is 0.284. The molecule has 0 saturated carbocycles. The van der Waals surface area contributed by atoms with Gasteiger partial charge in [0.1, 0.15) is 11.6 Å². The van der Waals surface area contributed by atoms with Crippen LogP contribution in [0.25, 0.3) is 0 Å². The molecule has 0 spiro atoms. The maximum Gasteiger partial charge on any atom is 0.131 e. The molecule has 0 aliphatic heterocycles. The van der Waals surface area contributed by atoms with Gasteiger partial charge in [-0.15, -0.1) is 0 Å². The minimum absolute atomic E-state index is 0.0314. The highest BCUT2D eigenvalue weighted by Gasteiger charge is 2.15. The fourth-order valence-electron chi connectivity index (χ4n) is 2.22. The third-order valence-corrected chi connectivity index (χ3v) is 3.44. The van der Waals surface area contributed by atoms with Crippen molar-refractivity contribution in [2.45, 2.75) is 52.6 Å². The quantitative estimate of drug-likeness (QED) is 0.803. The van der Waals surface area contributed by atoms with Gasteiger partial charge in [-0.1, -0.05) is 26.3 Å². The lowest BCUT2D eigenvalue weighted by Crippen LogP contribution is -2.30. The molecule has 18 heavy (non-hydrogen) atoms. The summed E-state index contributed by atoms with van der Waals surface area (Å²) in [4.78, 5) is 0. The fraction of sp³-hybridized carbons (Fsp3) is 0.600. The monoisotopic (exact) mass is 253 g/mol. The van der Waals surface area contributed by atoms with Gasteiger partial charge >= 0.3 is 0 Å². The highest BCUT2D eigenvalue weighted by Crippen LogP contribution is 2.22. The Morgan fingerprint density at radius 2 is 1.94 bits per heavy atom. The van der Waals surface area contributed by atoms with E-state index in [2.05, 4.69) is 26.1 Å². The summed E-state index contributed by atoms with van der Waals surface area (Å²) in [6, 6.07) is 4.62. The number of aromatic hydroxyl groups is 1. The zero-order chi connectivity index (χ0) is 13.7. The summed E-state index contributed by atoms with van der Waals surface area (Å²) in [5.41, 5.74) is 0.601. The average molecular weight is 253 g/mol. The van der Waals surface area contributed by atoms with Crippen molar-refractivity contribution in [3.63, 3.8) is 0 Å². The van der Waals surface area contributed by atoms with Crippen molar-refractivity contribution in [2.75, 3.05) is 0 Å². The molecule has 2 nitrogen and oxygen atoms in total. The molecule has 0 aliphatic carbocycles. The van der Waals surface area contributed by atoms with E-state index in [4.69, 9.17) is 0 Å². The second kappa shape index (κ2) is 6.74. The van der Waals surface area contributed by atoms with Gasteiger partial charge in [-0.05, 0) is 32.3 Å². The van der Waals surface area contributed by atoms with Crippen molar-refractivity contribution in [3.8, 4) is 5.75 Å². The summed E-state index contributed by atoms with van der Waals surface area (Å²) in [7, 11) is 0. The van der Waals surface area contributed by atoms with Crippen LogP contribution in [0.3, 0.4) is 0 Å². The normalized spacial score (nSPS) is 16.3. The predicted molar refractivity (Wildman–Crippen MR) is 73.1 cm³/mol. The van der Waals surface area contributed by atoms with Crippen LogP contribution < -0.4 is 5.32 Å². The summed E-state index contributed by atoms with van der Waals surface area (Å²) in [6.07, 6.45) is 2.24. The molecule has 0 amide bonds. The zero-order valence-electron chi connectivity index (χ0n) is 11.7. The third kappa shape index (κ3) is 4.30. The van der Waals surface area contributed by atoms with Gasteiger partial charge in [0.15, 0.2) is 0 Å². The molecule has 0 aromatic heterocycles. The molecule has 0 saturated heterocycles. The maximum absolute atomic E-state index is 13.7. The fourth-order valence-corrected chi connectivity index (χ4v) is 2.22. The van der Waals surface area contributed by atoms with Crippen LogP contribution in [-0.2, 0) is 0 Å². The zero-order valence-corrected chi connectivity index (χ0v) is 11.7. The molecule has 3 atom stereocenters. The molecule has 0 fully saturated rings. The molecule has 1 rings (SSSR count). The molecule has 0 heterocycles. The Morgan fingerprint density at radius 1 is 1.28 bits per heavy atom. The molecule has 2 N–H and O–H groups in total. The van der Waals surface area contributed by atoms with Crippen LogP contribution in [-0.4, -0.2) is 11.1 Å². The van der Waals surface area contributed by atoms with E-state index >= 15 is 0 Å². The average Bonchev–Trinajstić information content (AvgIpc) is 2.28. The van der Waals surface area contributed by atoms with Gasteiger partial charge in [-0.3, -0.25) is 0 Å². The molecule has 3 heteroatoms. The predicted octanol–water partition coefficient (Wildman–Crippen LogP) is 4.01. The number of phenolic OH excluding ortho intramolecular Hbond substituents is 1. The number of hydrogen-bond donors (Lipinski definition) is 2. The van der Waals surface area contributed by atoms with Gasteiger partial charge in [-0.25, -0.2) is 4.39 Å². The highest BCUT2D eigenvalue weighted by atomic mass is 19.1. The first kappa shape index (κ1) is 15.0. The van der Waals surface area contributed by atoms with E-state index in [9.17, 15) is 9.50 Å². The molecule has 1 aromatic rings. The van der Waals surface area contributed by atoms with Gasteiger partial charge in [0.2, 0.25) is 0 Å². The molecule has 0 radical (unpaired) electrons. The number of benzene rings is 1. The van der Waals surface area contributed by atoms with Gasteiger partial charge in [0, 0.05) is 23.7 Å². The smallest absolute Gasteiger partial charge is 0.131 e. The van der Waals surface area contributed by atoms with Gasteiger partial charge in [0.25, 0.3) is 0 Å². The SMILES string of the molecule is CCC(C)CC(C)NC(C)c1ccc(O)cc1F. The Balaban J connectivity index is 2.61. The van der Waals surface area contributed by atoms with E-state index in [0.717, 1.165) is 18.9 Å². The Bertz CT molecular complexity index is 381. The van der Waals surface area contributed by atoms with Crippen LogP contribution >= 0.6 is 0 Å². The van der Waals surface area contributed by atoms with E-state index < -0.39 is 0 Å². The van der Waals surface area contributed by atoms with Crippen molar-refractivity contribution in [2.24, 2.45) is 5.92 Å². The van der Waals surface area contributed by atoms with Crippen LogP contribution in [0.15, 0.2) is 18.2 Å². The highest BCUT2D eigenvalue weighted by molar-refractivity contribution is 5.29. The maximum atomic E-state index is 13.7. The van der Waals surface area contributed by atoms with E-state index in [1.54, 1.807) is 6.07 Å². The van der Waals surface area contributed by atoms with Crippen LogP contribution in [0.4, 0.5) is 4.39 Å².